The second-order valence-electron chi connectivity index (χ2n) is 7.16. The smallest absolute Gasteiger partial charge is 0.261 e. The van der Waals surface area contributed by atoms with Crippen LogP contribution >= 0.6 is 0 Å². The van der Waals surface area contributed by atoms with E-state index >= 15 is 0 Å². The quantitative estimate of drug-likeness (QED) is 0.640. The zero-order chi connectivity index (χ0) is 20.5. The molecule has 0 fully saturated rings. The Balaban J connectivity index is 2.12. The van der Waals surface area contributed by atoms with Gasteiger partial charge in [0.2, 0.25) is 0 Å². The third-order valence-corrected chi connectivity index (χ3v) is 4.52. The molecular weight excluding hydrogens is 354 g/mol. The number of ether oxygens (including phenoxy) is 3. The minimum Gasteiger partial charge on any atom is -0.497 e. The summed E-state index contributed by atoms with van der Waals surface area (Å²) < 4.78 is 16.4. The molecule has 2 aromatic rings. The minimum absolute atomic E-state index is 0.0821. The molecule has 2 rings (SSSR count). The molecule has 5 nitrogen and oxygen atoms in total. The molecule has 0 aliphatic rings. The van der Waals surface area contributed by atoms with Crippen LogP contribution in [-0.4, -0.2) is 26.2 Å². The summed E-state index contributed by atoms with van der Waals surface area (Å²) in [5.41, 5.74) is 1.05. The van der Waals surface area contributed by atoms with Crippen LogP contribution in [0.25, 0.3) is 0 Å². The Morgan fingerprint density at radius 3 is 2.18 bits per heavy atom. The Kier molecular flexibility index (Phi) is 8.18. The predicted molar refractivity (Wildman–Crippen MR) is 111 cm³/mol. The van der Waals surface area contributed by atoms with Gasteiger partial charge < -0.3 is 19.5 Å². The number of benzene rings is 2. The number of carbonyl (C=O) groups is 1. The van der Waals surface area contributed by atoms with Gasteiger partial charge in [-0.1, -0.05) is 39.0 Å². The van der Waals surface area contributed by atoms with Gasteiger partial charge in [-0.25, -0.2) is 0 Å². The fourth-order valence-electron chi connectivity index (χ4n) is 3.01. The highest BCUT2D eigenvalue weighted by Crippen LogP contribution is 2.25. The number of nitrogens with one attached hydrogen (secondary N) is 1. The van der Waals surface area contributed by atoms with E-state index in [2.05, 4.69) is 19.2 Å². The highest BCUT2D eigenvalue weighted by molar-refractivity contribution is 5.81. The van der Waals surface area contributed by atoms with Gasteiger partial charge in [0, 0.05) is 6.07 Å². The van der Waals surface area contributed by atoms with Gasteiger partial charge in [-0.2, -0.15) is 0 Å². The largest absolute Gasteiger partial charge is 0.497 e. The fraction of sp³-hybridized carbons (Fsp3) is 0.435. The van der Waals surface area contributed by atoms with Gasteiger partial charge in [-0.05, 0) is 48.6 Å². The highest BCUT2D eigenvalue weighted by Gasteiger charge is 2.23. The van der Waals surface area contributed by atoms with Gasteiger partial charge in [-0.15, -0.1) is 0 Å². The topological polar surface area (TPSA) is 56.8 Å². The molecule has 0 heterocycles. The molecule has 0 aliphatic heterocycles. The lowest BCUT2D eigenvalue weighted by atomic mass is 9.96. The zero-order valence-electron chi connectivity index (χ0n) is 17.4. The molecule has 0 aromatic heterocycles. The van der Waals surface area contributed by atoms with Crippen molar-refractivity contribution in [2.75, 3.05) is 14.2 Å². The summed E-state index contributed by atoms with van der Waals surface area (Å²) in [4.78, 5) is 12.9. The Labute approximate surface area is 168 Å². The van der Waals surface area contributed by atoms with Gasteiger partial charge in [0.1, 0.15) is 17.2 Å². The molecule has 0 unspecified atom stereocenters. The van der Waals surface area contributed by atoms with Crippen molar-refractivity contribution < 1.29 is 19.0 Å². The summed E-state index contributed by atoms with van der Waals surface area (Å²) >= 11 is 0. The third kappa shape index (κ3) is 6.19. The van der Waals surface area contributed by atoms with Gasteiger partial charge in [-0.3, -0.25) is 4.79 Å². The summed E-state index contributed by atoms with van der Waals surface area (Å²) in [6.07, 6.45) is 0.841. The lowest BCUT2D eigenvalue weighted by Gasteiger charge is -2.25. The molecule has 1 amide bonds. The zero-order valence-corrected chi connectivity index (χ0v) is 17.4. The minimum atomic E-state index is -0.569. The molecule has 0 saturated carbocycles. The van der Waals surface area contributed by atoms with Gasteiger partial charge in [0.05, 0.1) is 20.3 Å². The number of rotatable bonds is 10. The molecule has 0 radical (unpaired) electrons. The first kappa shape index (κ1) is 21.6. The molecule has 0 saturated heterocycles. The maximum Gasteiger partial charge on any atom is 0.261 e. The molecule has 2 atom stereocenters. The van der Waals surface area contributed by atoms with Crippen molar-refractivity contribution in [2.45, 2.75) is 45.8 Å². The Bertz CT molecular complexity index is 743. The van der Waals surface area contributed by atoms with Crippen LogP contribution in [-0.2, 0) is 4.79 Å². The SMILES string of the molecule is CC[C@H](Oc1cccc(OC)c1)C(=O)N[C@@H](CC(C)C)c1ccc(OC)cc1. The average Bonchev–Trinajstić information content (AvgIpc) is 2.71. The molecule has 2 aromatic carbocycles. The van der Waals surface area contributed by atoms with Crippen LogP contribution in [0, 0.1) is 5.92 Å². The molecular formula is C23H31NO4. The Morgan fingerprint density at radius 1 is 0.964 bits per heavy atom. The maximum absolute atomic E-state index is 12.9. The van der Waals surface area contributed by atoms with E-state index in [0.717, 1.165) is 17.7 Å². The first-order valence-corrected chi connectivity index (χ1v) is 9.71. The van der Waals surface area contributed by atoms with Gasteiger partial charge in [0.15, 0.2) is 6.10 Å². The van der Waals surface area contributed by atoms with Crippen molar-refractivity contribution in [2.24, 2.45) is 5.92 Å². The first-order chi connectivity index (χ1) is 13.5. The first-order valence-electron chi connectivity index (χ1n) is 9.71. The van der Waals surface area contributed by atoms with E-state index in [1.165, 1.54) is 0 Å². The highest BCUT2D eigenvalue weighted by atomic mass is 16.5. The Hall–Kier alpha value is -2.69. The molecule has 1 N–H and O–H groups in total. The lowest BCUT2D eigenvalue weighted by Crippen LogP contribution is -2.40. The van der Waals surface area contributed by atoms with Crippen molar-refractivity contribution in [3.63, 3.8) is 0 Å². The van der Waals surface area contributed by atoms with Crippen LogP contribution in [0.2, 0.25) is 0 Å². The summed E-state index contributed by atoms with van der Waals surface area (Å²) in [5, 5.41) is 3.17. The monoisotopic (exact) mass is 385 g/mol. The summed E-state index contributed by atoms with van der Waals surface area (Å²) in [7, 11) is 3.25. The van der Waals surface area contributed by atoms with Crippen LogP contribution in [0.5, 0.6) is 17.2 Å². The number of amides is 1. The summed E-state index contributed by atoms with van der Waals surface area (Å²) in [6.45, 7) is 6.23. The summed E-state index contributed by atoms with van der Waals surface area (Å²) in [6, 6.07) is 15.0. The molecule has 0 spiro atoms. The van der Waals surface area contributed by atoms with E-state index in [4.69, 9.17) is 14.2 Å². The van der Waals surface area contributed by atoms with Crippen LogP contribution in [0.3, 0.4) is 0 Å². The van der Waals surface area contributed by atoms with E-state index in [-0.39, 0.29) is 11.9 Å². The van der Waals surface area contributed by atoms with Crippen LogP contribution in [0.4, 0.5) is 0 Å². The van der Waals surface area contributed by atoms with E-state index < -0.39 is 6.10 Å². The van der Waals surface area contributed by atoms with E-state index in [9.17, 15) is 4.79 Å². The van der Waals surface area contributed by atoms with Crippen LogP contribution in [0.15, 0.2) is 48.5 Å². The van der Waals surface area contributed by atoms with E-state index in [1.54, 1.807) is 20.3 Å². The van der Waals surface area contributed by atoms with Crippen molar-refractivity contribution in [1.29, 1.82) is 0 Å². The normalized spacial score (nSPS) is 12.9. The number of methoxy groups -OCH3 is 2. The number of carbonyl (C=O) groups excluding carboxylic acids is 1. The standard InChI is InChI=1S/C23H31NO4/c1-6-22(28-20-9-7-8-19(15-20)27-5)23(25)24-21(14-16(2)3)17-10-12-18(26-4)13-11-17/h7-13,15-16,21-22H,6,14H2,1-5H3,(H,24,25)/t21-,22-/m0/s1. The van der Waals surface area contributed by atoms with Crippen LogP contribution in [0.1, 0.15) is 45.2 Å². The van der Waals surface area contributed by atoms with Gasteiger partial charge >= 0.3 is 0 Å². The molecule has 0 bridgehead atoms. The second-order valence-corrected chi connectivity index (χ2v) is 7.16. The fourth-order valence-corrected chi connectivity index (χ4v) is 3.01. The van der Waals surface area contributed by atoms with E-state index in [1.807, 2.05) is 49.4 Å². The molecule has 0 aliphatic carbocycles. The third-order valence-electron chi connectivity index (χ3n) is 4.52. The van der Waals surface area contributed by atoms with Gasteiger partial charge in [0.25, 0.3) is 5.91 Å². The van der Waals surface area contributed by atoms with Crippen molar-refractivity contribution in [3.05, 3.63) is 54.1 Å². The summed E-state index contributed by atoms with van der Waals surface area (Å²) in [5.74, 6) is 2.43. The lowest BCUT2D eigenvalue weighted by molar-refractivity contribution is -0.129. The maximum atomic E-state index is 12.9. The Morgan fingerprint density at radius 2 is 1.61 bits per heavy atom. The van der Waals surface area contributed by atoms with Crippen molar-refractivity contribution >= 4 is 5.91 Å². The molecule has 28 heavy (non-hydrogen) atoms. The van der Waals surface area contributed by atoms with E-state index in [0.29, 0.717) is 23.8 Å². The van der Waals surface area contributed by atoms with Crippen molar-refractivity contribution in [1.82, 2.24) is 5.32 Å². The molecule has 5 heteroatoms. The van der Waals surface area contributed by atoms with Crippen molar-refractivity contribution in [3.8, 4) is 17.2 Å². The molecule has 152 valence electrons. The van der Waals surface area contributed by atoms with Crippen LogP contribution < -0.4 is 19.5 Å². The number of hydrogen-bond donors (Lipinski definition) is 1. The predicted octanol–water partition coefficient (Wildman–Crippen LogP) is 4.76. The second kappa shape index (κ2) is 10.6. The average molecular weight is 386 g/mol. The number of hydrogen-bond acceptors (Lipinski definition) is 4.